The summed E-state index contributed by atoms with van der Waals surface area (Å²) in [6.07, 6.45) is 0.0624. The fourth-order valence-electron chi connectivity index (χ4n) is 2.28. The molecule has 1 aliphatic rings. The zero-order valence-electron chi connectivity index (χ0n) is 15.1. The highest BCUT2D eigenvalue weighted by Gasteiger charge is 2.38. The molecule has 0 spiro atoms. The summed E-state index contributed by atoms with van der Waals surface area (Å²) >= 11 is 0. The van der Waals surface area contributed by atoms with Gasteiger partial charge in [0.2, 0.25) is 0 Å². The molecule has 0 saturated heterocycles. The van der Waals surface area contributed by atoms with Crippen molar-refractivity contribution in [3.63, 3.8) is 0 Å². The smallest absolute Gasteiger partial charge is 0.311 e. The van der Waals surface area contributed by atoms with E-state index in [1.54, 1.807) is 6.92 Å². The maximum Gasteiger partial charge on any atom is 0.311 e. The van der Waals surface area contributed by atoms with Gasteiger partial charge in [-0.2, -0.15) is 0 Å². The predicted molar refractivity (Wildman–Crippen MR) is 92.2 cm³/mol. The van der Waals surface area contributed by atoms with E-state index in [-0.39, 0.29) is 43.1 Å². The molecule has 0 bridgehead atoms. The van der Waals surface area contributed by atoms with E-state index < -0.39 is 27.5 Å². The van der Waals surface area contributed by atoms with E-state index in [0.717, 1.165) is 11.0 Å². The van der Waals surface area contributed by atoms with Crippen molar-refractivity contribution in [3.8, 4) is 5.75 Å². The molecule has 27 heavy (non-hydrogen) atoms. The number of ether oxygens (including phenoxy) is 1. The molecule has 0 atom stereocenters. The van der Waals surface area contributed by atoms with Crippen LogP contribution in [0.1, 0.15) is 34.1 Å². The lowest BCUT2D eigenvalue weighted by atomic mass is 10.1. The number of nitrogens with zero attached hydrogens (tertiary/aromatic N) is 3. The summed E-state index contributed by atoms with van der Waals surface area (Å²) in [5.74, 6) is -1.42. The Balaban J connectivity index is 0.00000114. The molecule has 1 aromatic rings. The molecule has 0 saturated carbocycles. The van der Waals surface area contributed by atoms with Crippen LogP contribution < -0.4 is 10.1 Å². The number of carbonyl (C=O) groups excluding carboxylic acids is 2. The summed E-state index contributed by atoms with van der Waals surface area (Å²) in [5.41, 5.74) is -0.495. The minimum atomic E-state index is -0.972. The number of imide groups is 1. The van der Waals surface area contributed by atoms with Gasteiger partial charge in [0.25, 0.3) is 16.9 Å². The fourth-order valence-corrected chi connectivity index (χ4v) is 2.28. The molecule has 0 unspecified atom stereocenters. The van der Waals surface area contributed by atoms with Gasteiger partial charge in [-0.15, -0.1) is 10.1 Å². The Kier molecular flexibility index (Phi) is 8.07. The van der Waals surface area contributed by atoms with Crippen molar-refractivity contribution in [2.24, 2.45) is 0 Å². The molecule has 12 heteroatoms. The minimum Gasteiger partial charge on any atom is -0.487 e. The summed E-state index contributed by atoms with van der Waals surface area (Å²) in [4.78, 5) is 49.9. The standard InChI is InChI=1S/C13H13N3O8.C2H7N/c1-2-23-11-7-9-8(6-10(11)15(19)20)12(17)14(13(9)18)4-3-5-24-16(21)22;1-3-2/h6-7H,2-5H2,1H3;3H,1-2H3. The number of nitro groups is 1. The second-order valence-corrected chi connectivity index (χ2v) is 5.23. The molecule has 12 nitrogen and oxygen atoms in total. The fraction of sp³-hybridized carbons (Fsp3) is 0.467. The molecule has 148 valence electrons. The van der Waals surface area contributed by atoms with E-state index in [4.69, 9.17) is 4.74 Å². The third-order valence-corrected chi connectivity index (χ3v) is 3.27. The zero-order valence-corrected chi connectivity index (χ0v) is 15.1. The topological polar surface area (TPSA) is 154 Å². The number of hydrogen-bond donors (Lipinski definition) is 1. The number of carbonyl (C=O) groups is 2. The number of nitro benzene ring substituents is 1. The molecular formula is C15H20N4O8. The zero-order chi connectivity index (χ0) is 20.6. The van der Waals surface area contributed by atoms with Crippen LogP contribution in [0.5, 0.6) is 5.75 Å². The van der Waals surface area contributed by atoms with Gasteiger partial charge in [0.1, 0.15) is 0 Å². The summed E-state index contributed by atoms with van der Waals surface area (Å²) in [5, 5.41) is 22.9. The van der Waals surface area contributed by atoms with Crippen molar-refractivity contribution in [1.29, 1.82) is 0 Å². The molecule has 0 aliphatic carbocycles. The third kappa shape index (κ3) is 5.34. The van der Waals surface area contributed by atoms with Crippen molar-refractivity contribution in [2.75, 3.05) is 33.9 Å². The second kappa shape index (κ2) is 10.0. The van der Waals surface area contributed by atoms with Crippen molar-refractivity contribution in [2.45, 2.75) is 13.3 Å². The van der Waals surface area contributed by atoms with Gasteiger partial charge in [-0.3, -0.25) is 24.6 Å². The highest BCUT2D eigenvalue weighted by Crippen LogP contribution is 2.35. The van der Waals surface area contributed by atoms with Crippen LogP contribution in [0.4, 0.5) is 5.69 Å². The van der Waals surface area contributed by atoms with Gasteiger partial charge in [-0.1, -0.05) is 0 Å². The normalized spacial score (nSPS) is 12.2. The van der Waals surface area contributed by atoms with E-state index in [1.807, 2.05) is 14.1 Å². The lowest BCUT2D eigenvalue weighted by Crippen LogP contribution is -2.31. The molecular weight excluding hydrogens is 364 g/mol. The molecule has 1 aliphatic heterocycles. The van der Waals surface area contributed by atoms with Gasteiger partial charge in [-0.05, 0) is 27.4 Å². The maximum absolute atomic E-state index is 12.3. The van der Waals surface area contributed by atoms with Gasteiger partial charge in [-0.25, -0.2) is 0 Å². The van der Waals surface area contributed by atoms with Crippen LogP contribution in [0, 0.1) is 20.2 Å². The lowest BCUT2D eigenvalue weighted by Gasteiger charge is -2.12. The van der Waals surface area contributed by atoms with E-state index >= 15 is 0 Å². The first-order valence-corrected chi connectivity index (χ1v) is 7.95. The van der Waals surface area contributed by atoms with Crippen LogP contribution in [0.25, 0.3) is 0 Å². The number of benzene rings is 1. The van der Waals surface area contributed by atoms with E-state index in [2.05, 4.69) is 10.2 Å². The molecule has 0 radical (unpaired) electrons. The number of rotatable bonds is 8. The number of amides is 2. The predicted octanol–water partition coefficient (Wildman–Crippen LogP) is 1.02. The van der Waals surface area contributed by atoms with E-state index in [1.165, 1.54) is 6.07 Å². The molecule has 1 heterocycles. The highest BCUT2D eigenvalue weighted by atomic mass is 16.9. The first kappa shape index (κ1) is 21.8. The number of hydrogen-bond acceptors (Lipinski definition) is 9. The van der Waals surface area contributed by atoms with Crippen LogP contribution in [0.15, 0.2) is 12.1 Å². The molecule has 1 N–H and O–H groups in total. The monoisotopic (exact) mass is 384 g/mol. The van der Waals surface area contributed by atoms with Crippen molar-refractivity contribution in [1.82, 2.24) is 10.2 Å². The second-order valence-electron chi connectivity index (χ2n) is 5.23. The van der Waals surface area contributed by atoms with Crippen LogP contribution in [-0.4, -0.2) is 60.6 Å². The Morgan fingerprint density at radius 1 is 1.11 bits per heavy atom. The number of nitrogens with one attached hydrogen (secondary N) is 1. The molecule has 2 rings (SSSR count). The average molecular weight is 384 g/mol. The molecule has 0 fully saturated rings. The largest absolute Gasteiger partial charge is 0.487 e. The summed E-state index contributed by atoms with van der Waals surface area (Å²) in [6.45, 7) is 1.41. The van der Waals surface area contributed by atoms with Crippen LogP contribution in [-0.2, 0) is 4.84 Å². The van der Waals surface area contributed by atoms with Crippen molar-refractivity contribution < 1.29 is 29.2 Å². The van der Waals surface area contributed by atoms with Gasteiger partial charge >= 0.3 is 5.69 Å². The molecule has 1 aromatic carbocycles. The number of fused-ring (bicyclic) bond motifs is 1. The first-order valence-electron chi connectivity index (χ1n) is 7.95. The quantitative estimate of drug-likeness (QED) is 0.299. The maximum atomic E-state index is 12.3. The Labute approximate surface area is 154 Å². The lowest BCUT2D eigenvalue weighted by molar-refractivity contribution is -0.757. The minimum absolute atomic E-state index is 0.00393. The average Bonchev–Trinajstić information content (AvgIpc) is 2.82. The van der Waals surface area contributed by atoms with Gasteiger partial charge < -0.3 is 14.9 Å². The summed E-state index contributed by atoms with van der Waals surface area (Å²) in [7, 11) is 3.75. The Morgan fingerprint density at radius 2 is 1.67 bits per heavy atom. The first-order chi connectivity index (χ1) is 12.8. The third-order valence-electron chi connectivity index (χ3n) is 3.27. The molecule has 0 aromatic heterocycles. The van der Waals surface area contributed by atoms with E-state index in [0.29, 0.717) is 0 Å². The Bertz CT molecular complexity index is 737. The summed E-state index contributed by atoms with van der Waals surface area (Å²) < 4.78 is 5.15. The van der Waals surface area contributed by atoms with Crippen LogP contribution in [0.3, 0.4) is 0 Å². The Hall–Kier alpha value is -3.28. The summed E-state index contributed by atoms with van der Waals surface area (Å²) in [6, 6.07) is 2.18. The SMILES string of the molecule is CCOc1cc2c(cc1[N+](=O)[O-])C(=O)N(CCCO[N+](=O)[O-])C2=O.CNC. The van der Waals surface area contributed by atoms with Crippen LogP contribution in [0.2, 0.25) is 0 Å². The Morgan fingerprint density at radius 3 is 2.15 bits per heavy atom. The van der Waals surface area contributed by atoms with Crippen molar-refractivity contribution in [3.05, 3.63) is 43.5 Å². The van der Waals surface area contributed by atoms with Gasteiger partial charge in [0, 0.05) is 18.7 Å². The van der Waals surface area contributed by atoms with Crippen molar-refractivity contribution >= 4 is 17.5 Å². The molecule has 2 amide bonds. The van der Waals surface area contributed by atoms with Gasteiger partial charge in [0.05, 0.1) is 29.3 Å². The van der Waals surface area contributed by atoms with Crippen LogP contribution >= 0.6 is 0 Å². The van der Waals surface area contributed by atoms with E-state index in [9.17, 15) is 29.8 Å². The van der Waals surface area contributed by atoms with Gasteiger partial charge in [0.15, 0.2) is 5.75 Å². The highest BCUT2D eigenvalue weighted by molar-refractivity contribution is 6.21.